The Morgan fingerprint density at radius 3 is 2.52 bits per heavy atom. The van der Waals surface area contributed by atoms with E-state index in [1.54, 1.807) is 36.4 Å². The van der Waals surface area contributed by atoms with Crippen LogP contribution in [0.25, 0.3) is 6.08 Å². The number of benzene rings is 3. The highest BCUT2D eigenvalue weighted by Crippen LogP contribution is 2.34. The van der Waals surface area contributed by atoms with Crippen LogP contribution in [-0.4, -0.2) is 5.91 Å². The molecule has 3 aromatic carbocycles. The minimum atomic E-state index is -0.522. The lowest BCUT2D eigenvalue weighted by Crippen LogP contribution is -2.14. The largest absolute Gasteiger partial charge is 0.487 e. The van der Waals surface area contributed by atoms with Gasteiger partial charge in [0, 0.05) is 26.3 Å². The number of carbonyl (C=O) groups excluding carboxylic acids is 1. The second kappa shape index (κ2) is 11.6. The van der Waals surface area contributed by atoms with Crippen molar-refractivity contribution < 1.29 is 9.53 Å². The molecule has 0 unspecified atom stereocenters. The van der Waals surface area contributed by atoms with E-state index in [9.17, 15) is 10.1 Å². The maximum Gasteiger partial charge on any atom is 0.266 e. The highest BCUT2D eigenvalue weighted by atomic mass is 127. The Morgan fingerprint density at radius 2 is 1.85 bits per heavy atom. The Balaban J connectivity index is 1.80. The van der Waals surface area contributed by atoms with Crippen LogP contribution in [0.5, 0.6) is 5.75 Å². The lowest BCUT2D eigenvalue weighted by atomic mass is 10.1. The highest BCUT2D eigenvalue weighted by Gasteiger charge is 2.14. The van der Waals surface area contributed by atoms with Crippen molar-refractivity contribution in [1.29, 1.82) is 5.26 Å². The molecule has 3 aromatic rings. The van der Waals surface area contributed by atoms with E-state index in [0.717, 1.165) is 14.7 Å². The second-order valence-electron chi connectivity index (χ2n) is 6.92. The van der Waals surface area contributed by atoms with Crippen molar-refractivity contribution in [2.24, 2.45) is 0 Å². The second-order valence-corrected chi connectivity index (χ2v) is 10.2. The van der Waals surface area contributed by atoms with Crippen LogP contribution in [0.3, 0.4) is 0 Å². The van der Waals surface area contributed by atoms with Crippen molar-refractivity contribution in [1.82, 2.24) is 0 Å². The van der Waals surface area contributed by atoms with Crippen LogP contribution in [0.15, 0.2) is 58.6 Å². The van der Waals surface area contributed by atoms with Crippen molar-refractivity contribution in [3.8, 4) is 11.8 Å². The first-order valence-electron chi connectivity index (χ1n) is 9.43. The number of amides is 1. The smallest absolute Gasteiger partial charge is 0.266 e. The summed E-state index contributed by atoms with van der Waals surface area (Å²) in [6.45, 7) is 2.10. The summed E-state index contributed by atoms with van der Waals surface area (Å²) < 4.78 is 7.42. The fraction of sp³-hybridized carbons (Fsp3) is 0.0833. The number of aryl methyl sites for hydroxylation is 1. The van der Waals surface area contributed by atoms with Crippen LogP contribution in [0.4, 0.5) is 5.69 Å². The van der Waals surface area contributed by atoms with Gasteiger partial charge in [-0.15, -0.1) is 0 Å². The van der Waals surface area contributed by atoms with E-state index in [1.807, 2.05) is 25.1 Å². The fourth-order valence-corrected chi connectivity index (χ4v) is 5.23. The Kier molecular flexibility index (Phi) is 9.08. The van der Waals surface area contributed by atoms with Crippen LogP contribution >= 0.6 is 73.3 Å². The molecule has 0 aromatic heterocycles. The Bertz CT molecular complexity index is 1280. The average molecular weight is 677 g/mol. The van der Waals surface area contributed by atoms with Crippen molar-refractivity contribution >= 4 is 91.0 Å². The van der Waals surface area contributed by atoms with Crippen molar-refractivity contribution in [2.75, 3.05) is 5.32 Å². The summed E-state index contributed by atoms with van der Waals surface area (Å²) in [7, 11) is 0. The van der Waals surface area contributed by atoms with Gasteiger partial charge in [0.2, 0.25) is 0 Å². The number of anilines is 1. The molecule has 0 bridgehead atoms. The maximum atomic E-state index is 12.7. The summed E-state index contributed by atoms with van der Waals surface area (Å²) in [5, 5.41) is 13.8. The van der Waals surface area contributed by atoms with Gasteiger partial charge < -0.3 is 10.1 Å². The monoisotopic (exact) mass is 674 g/mol. The Morgan fingerprint density at radius 1 is 1.15 bits per heavy atom. The molecule has 0 radical (unpaired) electrons. The maximum absolute atomic E-state index is 12.7. The molecular formula is C24H15BrCl3IN2O2. The molecule has 3 rings (SSSR count). The fourth-order valence-electron chi connectivity index (χ4n) is 2.82. The number of hydrogen-bond donors (Lipinski definition) is 1. The first-order chi connectivity index (χ1) is 15.7. The predicted octanol–water partition coefficient (Wildman–Crippen LogP) is 8.45. The van der Waals surface area contributed by atoms with E-state index in [0.29, 0.717) is 36.5 Å². The third-order valence-electron chi connectivity index (χ3n) is 4.53. The molecule has 168 valence electrons. The zero-order chi connectivity index (χ0) is 24.1. The number of hydrogen-bond acceptors (Lipinski definition) is 3. The van der Waals surface area contributed by atoms with Crippen LogP contribution in [0.2, 0.25) is 15.1 Å². The molecule has 0 heterocycles. The molecule has 0 saturated heterocycles. The lowest BCUT2D eigenvalue weighted by molar-refractivity contribution is -0.112. The van der Waals surface area contributed by atoms with Gasteiger partial charge in [0.15, 0.2) is 0 Å². The summed E-state index contributed by atoms with van der Waals surface area (Å²) in [5.41, 5.74) is 2.81. The van der Waals surface area contributed by atoms with Gasteiger partial charge in [0.1, 0.15) is 24.0 Å². The molecule has 33 heavy (non-hydrogen) atoms. The van der Waals surface area contributed by atoms with Gasteiger partial charge in [-0.25, -0.2) is 0 Å². The van der Waals surface area contributed by atoms with E-state index in [-0.39, 0.29) is 12.2 Å². The molecule has 0 aliphatic rings. The zero-order valence-corrected chi connectivity index (χ0v) is 23.1. The third-order valence-corrected chi connectivity index (χ3v) is 6.74. The number of nitriles is 1. The average Bonchev–Trinajstić information content (AvgIpc) is 2.75. The topological polar surface area (TPSA) is 62.1 Å². The summed E-state index contributed by atoms with van der Waals surface area (Å²) in [5.74, 6) is 0.1000. The Labute approximate surface area is 228 Å². The summed E-state index contributed by atoms with van der Waals surface area (Å²) in [6, 6.07) is 15.9. The van der Waals surface area contributed by atoms with Crippen LogP contribution in [-0.2, 0) is 11.4 Å². The van der Waals surface area contributed by atoms with Gasteiger partial charge in [-0.1, -0.05) is 46.9 Å². The lowest BCUT2D eigenvalue weighted by Gasteiger charge is -2.13. The van der Waals surface area contributed by atoms with E-state index in [1.165, 1.54) is 6.08 Å². The third kappa shape index (κ3) is 6.87. The minimum Gasteiger partial charge on any atom is -0.487 e. The molecule has 0 atom stereocenters. The molecule has 0 fully saturated rings. The van der Waals surface area contributed by atoms with Gasteiger partial charge in [-0.05, 0) is 99.0 Å². The zero-order valence-electron chi connectivity index (χ0n) is 17.1. The van der Waals surface area contributed by atoms with Gasteiger partial charge in [-0.3, -0.25) is 4.79 Å². The molecule has 0 aliphatic carbocycles. The number of halogens is 5. The number of nitrogens with one attached hydrogen (secondary N) is 1. The molecule has 1 N–H and O–H groups in total. The van der Waals surface area contributed by atoms with Crippen molar-refractivity contribution in [2.45, 2.75) is 13.5 Å². The van der Waals surface area contributed by atoms with Gasteiger partial charge in [-0.2, -0.15) is 5.26 Å². The molecule has 0 spiro atoms. The molecule has 0 saturated carbocycles. The van der Waals surface area contributed by atoms with Crippen LogP contribution < -0.4 is 10.1 Å². The molecule has 4 nitrogen and oxygen atoms in total. The van der Waals surface area contributed by atoms with E-state index >= 15 is 0 Å². The number of nitrogens with zero attached hydrogens (tertiary/aromatic N) is 1. The van der Waals surface area contributed by atoms with Crippen LogP contribution in [0, 0.1) is 21.8 Å². The number of carbonyl (C=O) groups is 1. The normalized spacial score (nSPS) is 11.1. The molecular weight excluding hydrogens is 661 g/mol. The van der Waals surface area contributed by atoms with E-state index < -0.39 is 5.91 Å². The van der Waals surface area contributed by atoms with Gasteiger partial charge in [0.05, 0.1) is 8.04 Å². The van der Waals surface area contributed by atoms with Gasteiger partial charge in [0.25, 0.3) is 5.91 Å². The molecule has 1 amide bonds. The Hall–Kier alpha value is -1.76. The number of ether oxygens (including phenoxy) is 1. The highest BCUT2D eigenvalue weighted by molar-refractivity contribution is 14.1. The van der Waals surface area contributed by atoms with E-state index in [4.69, 9.17) is 39.5 Å². The standard InChI is InChI=1S/C24H15BrCl3IN2O2/c1-13-2-4-18(27)10-22(13)31-24(32)16(11-30)6-14-7-19(25)23(21(29)8-14)33-12-15-3-5-17(26)9-20(15)28/h2-10H,12H2,1H3,(H,31,32)/b16-6+. The van der Waals surface area contributed by atoms with Crippen molar-refractivity contribution in [3.63, 3.8) is 0 Å². The summed E-state index contributed by atoms with van der Waals surface area (Å²) in [6.07, 6.45) is 1.52. The summed E-state index contributed by atoms with van der Waals surface area (Å²) in [4.78, 5) is 12.7. The first kappa shape index (κ1) is 25.9. The predicted molar refractivity (Wildman–Crippen MR) is 146 cm³/mol. The molecule has 9 heteroatoms. The first-order valence-corrected chi connectivity index (χ1v) is 12.4. The quantitative estimate of drug-likeness (QED) is 0.162. The molecule has 0 aliphatic heterocycles. The van der Waals surface area contributed by atoms with Gasteiger partial charge >= 0.3 is 0 Å². The van der Waals surface area contributed by atoms with Crippen LogP contribution in [0.1, 0.15) is 16.7 Å². The minimum absolute atomic E-state index is 0.0429. The van der Waals surface area contributed by atoms with Crippen molar-refractivity contribution in [3.05, 3.63) is 93.9 Å². The summed E-state index contributed by atoms with van der Waals surface area (Å²) >= 11 is 23.8. The number of rotatable bonds is 6. The SMILES string of the molecule is Cc1ccc(Cl)cc1NC(=O)/C(C#N)=C/c1cc(Br)c(OCc2ccc(Cl)cc2Cl)c(I)c1. The van der Waals surface area contributed by atoms with E-state index in [2.05, 4.69) is 43.8 Å².